The highest BCUT2D eigenvalue weighted by molar-refractivity contribution is 6.23. The van der Waals surface area contributed by atoms with Gasteiger partial charge in [0.2, 0.25) is 0 Å². The molecule has 0 radical (unpaired) electrons. The van der Waals surface area contributed by atoms with E-state index in [2.05, 4.69) is 208 Å². The fraction of sp³-hybridized carbons (Fsp3) is 0.160. The van der Waals surface area contributed by atoms with Crippen molar-refractivity contribution >= 4 is 43.6 Å². The maximum absolute atomic E-state index is 2.52. The predicted molar refractivity (Wildman–Crippen MR) is 223 cm³/mol. The summed E-state index contributed by atoms with van der Waals surface area (Å²) in [5.41, 5.74) is 14.8. The number of nitrogens with zero attached hydrogens (tertiary/aromatic N) is 2. The van der Waals surface area contributed by atoms with E-state index < -0.39 is 0 Å². The van der Waals surface area contributed by atoms with Gasteiger partial charge in [-0.25, -0.2) is 0 Å². The smallest absolute Gasteiger partial charge is 0.0788 e. The van der Waals surface area contributed by atoms with Crippen LogP contribution in [0.3, 0.4) is 0 Å². The number of hydrogen-bond donors (Lipinski definition) is 0. The van der Waals surface area contributed by atoms with Gasteiger partial charge in [-0.3, -0.25) is 0 Å². The standard InChI is InChI=1S/C50H44N2/c1-49(2,3)37-24-20-33(21-25-37)35-30-36(34-22-26-38(27-23-34)50(4,5)6)32-40(31-35)52-46-19-13-11-17-42(46)44-29-28-43-41-16-10-12-18-45(41)51(47(43)48(44)52)39-14-8-7-9-15-39/h7-32H,1-6H3. The minimum Gasteiger partial charge on any atom is -0.307 e. The normalized spacial score (nSPS) is 12.4. The fourth-order valence-electron chi connectivity index (χ4n) is 8.01. The minimum atomic E-state index is 0.0892. The molecular weight excluding hydrogens is 629 g/mol. The van der Waals surface area contributed by atoms with Crippen LogP contribution in [-0.2, 0) is 10.8 Å². The molecule has 2 aromatic heterocycles. The van der Waals surface area contributed by atoms with Crippen molar-refractivity contribution in [2.75, 3.05) is 0 Å². The first kappa shape index (κ1) is 32.1. The van der Waals surface area contributed by atoms with Crippen molar-refractivity contribution in [2.24, 2.45) is 0 Å². The second kappa shape index (κ2) is 11.9. The number of rotatable bonds is 4. The summed E-state index contributed by atoms with van der Waals surface area (Å²) in [4.78, 5) is 0. The van der Waals surface area contributed by atoms with Crippen LogP contribution in [0, 0.1) is 0 Å². The number of benzene rings is 7. The molecule has 0 fully saturated rings. The van der Waals surface area contributed by atoms with Crippen LogP contribution >= 0.6 is 0 Å². The maximum atomic E-state index is 2.52. The van der Waals surface area contributed by atoms with E-state index in [1.54, 1.807) is 0 Å². The Morgan fingerprint density at radius 2 is 0.731 bits per heavy atom. The molecule has 0 aliphatic rings. The quantitative estimate of drug-likeness (QED) is 0.176. The summed E-state index contributed by atoms with van der Waals surface area (Å²) in [7, 11) is 0. The zero-order chi connectivity index (χ0) is 35.8. The molecule has 0 bridgehead atoms. The van der Waals surface area contributed by atoms with Gasteiger partial charge in [0.25, 0.3) is 0 Å². The third-order valence-electron chi connectivity index (χ3n) is 10.8. The van der Waals surface area contributed by atoms with Gasteiger partial charge in [-0.1, -0.05) is 157 Å². The van der Waals surface area contributed by atoms with Crippen LogP contribution < -0.4 is 0 Å². The van der Waals surface area contributed by atoms with E-state index in [0.29, 0.717) is 0 Å². The lowest BCUT2D eigenvalue weighted by atomic mass is 9.85. The van der Waals surface area contributed by atoms with Crippen molar-refractivity contribution in [3.63, 3.8) is 0 Å². The summed E-state index contributed by atoms with van der Waals surface area (Å²) in [5, 5.41) is 5.01. The molecule has 0 atom stereocenters. The predicted octanol–water partition coefficient (Wildman–Crippen LogP) is 13.8. The van der Waals surface area contributed by atoms with Gasteiger partial charge in [0, 0.05) is 32.9 Å². The lowest BCUT2D eigenvalue weighted by molar-refractivity contribution is 0.590. The molecule has 0 spiro atoms. The highest BCUT2D eigenvalue weighted by atomic mass is 15.0. The Morgan fingerprint density at radius 1 is 0.327 bits per heavy atom. The molecule has 0 unspecified atom stereocenters. The fourth-order valence-corrected chi connectivity index (χ4v) is 8.01. The molecule has 2 heterocycles. The van der Waals surface area contributed by atoms with Crippen LogP contribution in [0.2, 0.25) is 0 Å². The van der Waals surface area contributed by atoms with Gasteiger partial charge in [-0.15, -0.1) is 0 Å². The number of aromatic nitrogens is 2. The molecule has 0 aliphatic carbocycles. The molecule has 7 aromatic carbocycles. The molecule has 2 heteroatoms. The molecule has 0 saturated heterocycles. The average Bonchev–Trinajstić information content (AvgIpc) is 3.68. The summed E-state index contributed by atoms with van der Waals surface area (Å²) in [5.74, 6) is 0. The van der Waals surface area contributed by atoms with E-state index in [9.17, 15) is 0 Å². The van der Waals surface area contributed by atoms with Gasteiger partial charge in [0.15, 0.2) is 0 Å². The topological polar surface area (TPSA) is 9.86 Å². The maximum Gasteiger partial charge on any atom is 0.0788 e. The van der Waals surface area contributed by atoms with Crippen LogP contribution in [0.15, 0.2) is 158 Å². The lowest BCUT2D eigenvalue weighted by Crippen LogP contribution is -2.10. The van der Waals surface area contributed by atoms with Gasteiger partial charge in [0.05, 0.1) is 22.1 Å². The molecule has 9 rings (SSSR count). The first-order valence-electron chi connectivity index (χ1n) is 18.4. The highest BCUT2D eigenvalue weighted by Gasteiger charge is 2.22. The highest BCUT2D eigenvalue weighted by Crippen LogP contribution is 2.43. The van der Waals surface area contributed by atoms with E-state index >= 15 is 0 Å². The molecule has 9 aromatic rings. The Balaban J connectivity index is 1.39. The largest absolute Gasteiger partial charge is 0.307 e. The van der Waals surface area contributed by atoms with Crippen molar-refractivity contribution in [3.05, 3.63) is 169 Å². The van der Waals surface area contributed by atoms with Crippen LogP contribution in [0.1, 0.15) is 52.7 Å². The summed E-state index contributed by atoms with van der Waals surface area (Å²) in [6.45, 7) is 13.7. The third-order valence-corrected chi connectivity index (χ3v) is 10.8. The zero-order valence-corrected chi connectivity index (χ0v) is 30.9. The Hall–Kier alpha value is -5.86. The number of fused-ring (bicyclic) bond motifs is 7. The molecule has 0 amide bonds. The van der Waals surface area contributed by atoms with Crippen LogP contribution in [0.4, 0.5) is 0 Å². The van der Waals surface area contributed by atoms with Gasteiger partial charge in [-0.2, -0.15) is 0 Å². The average molecular weight is 673 g/mol. The van der Waals surface area contributed by atoms with Gasteiger partial charge >= 0.3 is 0 Å². The Bertz CT molecular complexity index is 2690. The summed E-state index contributed by atoms with van der Waals surface area (Å²) in [6, 6.07) is 58.7. The van der Waals surface area contributed by atoms with Crippen LogP contribution in [0.5, 0.6) is 0 Å². The summed E-state index contributed by atoms with van der Waals surface area (Å²) < 4.78 is 4.98. The van der Waals surface area contributed by atoms with E-state index in [4.69, 9.17) is 0 Å². The summed E-state index contributed by atoms with van der Waals surface area (Å²) in [6.07, 6.45) is 0. The lowest BCUT2D eigenvalue weighted by Gasteiger charge is -2.20. The molecule has 52 heavy (non-hydrogen) atoms. The Kier molecular flexibility index (Phi) is 7.31. The van der Waals surface area contributed by atoms with E-state index in [1.165, 1.54) is 77.0 Å². The van der Waals surface area contributed by atoms with Gasteiger partial charge < -0.3 is 9.13 Å². The second-order valence-electron chi connectivity index (χ2n) is 16.3. The van der Waals surface area contributed by atoms with Crippen molar-refractivity contribution < 1.29 is 0 Å². The van der Waals surface area contributed by atoms with E-state index in [-0.39, 0.29) is 10.8 Å². The van der Waals surface area contributed by atoms with E-state index in [0.717, 1.165) is 11.4 Å². The Morgan fingerprint density at radius 3 is 1.17 bits per heavy atom. The van der Waals surface area contributed by atoms with Crippen molar-refractivity contribution in [3.8, 4) is 33.6 Å². The molecule has 254 valence electrons. The van der Waals surface area contributed by atoms with E-state index in [1.807, 2.05) is 0 Å². The molecule has 0 N–H and O–H groups in total. The molecule has 0 aliphatic heterocycles. The number of para-hydroxylation sites is 3. The molecule has 0 saturated carbocycles. The first-order valence-corrected chi connectivity index (χ1v) is 18.4. The second-order valence-corrected chi connectivity index (χ2v) is 16.3. The first-order chi connectivity index (χ1) is 25.1. The zero-order valence-electron chi connectivity index (χ0n) is 30.9. The number of hydrogen-bond acceptors (Lipinski definition) is 0. The SMILES string of the molecule is CC(C)(C)c1ccc(-c2cc(-c3ccc(C(C)(C)C)cc3)cc(-n3c4ccccc4c4ccc5c6ccccc6n(-c6ccccc6)c5c43)c2)cc1. The Labute approximate surface area is 306 Å². The summed E-state index contributed by atoms with van der Waals surface area (Å²) >= 11 is 0. The van der Waals surface area contributed by atoms with Crippen molar-refractivity contribution in [1.29, 1.82) is 0 Å². The van der Waals surface area contributed by atoms with Crippen LogP contribution in [0.25, 0.3) is 77.2 Å². The monoisotopic (exact) mass is 672 g/mol. The van der Waals surface area contributed by atoms with Gasteiger partial charge in [-0.05, 0) is 86.7 Å². The molecule has 2 nitrogen and oxygen atoms in total. The van der Waals surface area contributed by atoms with Crippen molar-refractivity contribution in [1.82, 2.24) is 9.13 Å². The van der Waals surface area contributed by atoms with Crippen molar-refractivity contribution in [2.45, 2.75) is 52.4 Å². The van der Waals surface area contributed by atoms with Crippen LogP contribution in [-0.4, -0.2) is 9.13 Å². The van der Waals surface area contributed by atoms with Gasteiger partial charge in [0.1, 0.15) is 0 Å². The third kappa shape index (κ3) is 5.25. The molecular formula is C50H44N2. The minimum absolute atomic E-state index is 0.0892.